The Hall–Kier alpha value is -7.44. The number of nitrogens with zero attached hydrogens (tertiary/aromatic N) is 14. The van der Waals surface area contributed by atoms with Crippen LogP contribution in [0.4, 0.5) is 29.6 Å². The van der Waals surface area contributed by atoms with Crippen LogP contribution >= 0.6 is 0 Å². The van der Waals surface area contributed by atoms with Gasteiger partial charge in [0, 0.05) is 98.9 Å². The molecule has 1 aromatic carbocycles. The average molecular weight is 966 g/mol. The van der Waals surface area contributed by atoms with Gasteiger partial charge in [-0.1, -0.05) is 6.07 Å². The second kappa shape index (κ2) is 17.4. The number of halogens is 3. The highest BCUT2D eigenvalue weighted by Crippen LogP contribution is 2.45. The molecule has 6 aromatic heterocycles. The van der Waals surface area contributed by atoms with Gasteiger partial charge in [-0.15, -0.1) is 0 Å². The fraction of sp³-hybridized carbons (Fsp3) is 0.420. The Labute approximate surface area is 405 Å². The van der Waals surface area contributed by atoms with Gasteiger partial charge in [0.05, 0.1) is 61.1 Å². The third-order valence-electron chi connectivity index (χ3n) is 15.4. The van der Waals surface area contributed by atoms with Crippen LogP contribution in [0, 0.1) is 17.1 Å². The predicted octanol–water partition coefficient (Wildman–Crippen LogP) is 6.47. The van der Waals surface area contributed by atoms with Gasteiger partial charge in [-0.2, -0.15) is 20.6 Å². The van der Waals surface area contributed by atoms with E-state index < -0.39 is 36.1 Å². The standard InChI is InChI=1S/C50H50F3N15O3/c1-62-42-17-37(40(51)16-38(42)48(61-62)65-14-12-44(69)60-49(65)70)39-11-13-63(28-50(39,52)53)33-5-7-34(8-6-33)67-24-32(22-57-67)41-27-68-47(31(18-54)21-58-68)46(59-41)30-4-9-43(55-20-30)64-25-35-15-36(26-64)66(35)23-29-3-10-45(71-2)56-19-29/h3-4,9-10,16-17,19-22,24,27,33-36,39H,5-8,11-15,23,25-26,28H2,1-2H3,(H,60,69,70)/t33?,34?,35?,36?,39-/m0/s1. The number of nitrogens with one attached hydrogen (secondary N) is 1. The number of rotatable bonds is 10. The number of alkyl halides is 2. The van der Waals surface area contributed by atoms with Crippen molar-refractivity contribution >= 4 is 40.0 Å². The summed E-state index contributed by atoms with van der Waals surface area (Å²) in [7, 11) is 3.24. The van der Waals surface area contributed by atoms with Crippen molar-refractivity contribution in [1.82, 2.24) is 59.2 Å². The van der Waals surface area contributed by atoms with Crippen LogP contribution in [0.5, 0.6) is 5.88 Å². The number of ether oxygens (including phenoxy) is 1. The van der Waals surface area contributed by atoms with E-state index in [1.807, 2.05) is 46.4 Å². The summed E-state index contributed by atoms with van der Waals surface area (Å²) in [5.74, 6) is -4.04. The molecule has 71 heavy (non-hydrogen) atoms. The maximum Gasteiger partial charge on any atom is 0.329 e. The minimum absolute atomic E-state index is 0.0541. The van der Waals surface area contributed by atoms with Crippen molar-refractivity contribution in [3.63, 3.8) is 0 Å². The third kappa shape index (κ3) is 7.98. The van der Waals surface area contributed by atoms with Crippen molar-refractivity contribution in [2.45, 2.75) is 87.5 Å². The number of hydrogen-bond acceptors (Lipinski definition) is 13. The van der Waals surface area contributed by atoms with Crippen LogP contribution in [0.1, 0.15) is 73.6 Å². The van der Waals surface area contributed by atoms with Crippen molar-refractivity contribution < 1.29 is 27.5 Å². The minimum Gasteiger partial charge on any atom is -0.481 e. The van der Waals surface area contributed by atoms with Crippen molar-refractivity contribution in [1.29, 1.82) is 5.26 Å². The van der Waals surface area contributed by atoms with Crippen molar-refractivity contribution in [2.75, 3.05) is 49.6 Å². The topological polar surface area (TPSA) is 184 Å². The van der Waals surface area contributed by atoms with E-state index in [1.165, 1.54) is 21.7 Å². The first-order valence-electron chi connectivity index (χ1n) is 24.1. The number of pyridine rings is 2. The second-order valence-corrected chi connectivity index (χ2v) is 19.5. The predicted molar refractivity (Wildman–Crippen MR) is 254 cm³/mol. The van der Waals surface area contributed by atoms with Gasteiger partial charge < -0.3 is 9.64 Å². The lowest BCUT2D eigenvalue weighted by atomic mass is 9.83. The molecular weight excluding hydrogens is 916 g/mol. The lowest BCUT2D eigenvalue weighted by molar-refractivity contribution is -0.120. The number of piperazine rings is 1. The van der Waals surface area contributed by atoms with Crippen molar-refractivity contribution in [2.24, 2.45) is 7.05 Å². The maximum atomic E-state index is 16.2. The molecule has 2 unspecified atom stereocenters. The van der Waals surface area contributed by atoms with E-state index >= 15 is 13.2 Å². The van der Waals surface area contributed by atoms with Crippen LogP contribution in [-0.4, -0.2) is 130 Å². The highest BCUT2D eigenvalue weighted by atomic mass is 19.3. The van der Waals surface area contributed by atoms with Gasteiger partial charge >= 0.3 is 6.03 Å². The number of benzene rings is 1. The van der Waals surface area contributed by atoms with Gasteiger partial charge in [0.2, 0.25) is 11.8 Å². The zero-order chi connectivity index (χ0) is 48.7. The van der Waals surface area contributed by atoms with E-state index in [1.54, 1.807) is 37.3 Å². The summed E-state index contributed by atoms with van der Waals surface area (Å²) in [4.78, 5) is 46.7. The molecule has 21 heteroatoms. The third-order valence-corrected chi connectivity index (χ3v) is 15.4. The molecule has 1 N–H and O–H groups in total. The summed E-state index contributed by atoms with van der Waals surface area (Å²) in [5.41, 5.74) is 5.25. The molecule has 1 saturated carbocycles. The minimum atomic E-state index is -3.20. The largest absolute Gasteiger partial charge is 0.481 e. The Morgan fingerprint density at radius 1 is 0.901 bits per heavy atom. The molecule has 3 atom stereocenters. The van der Waals surface area contributed by atoms with Crippen LogP contribution in [0.15, 0.2) is 73.6 Å². The molecule has 364 valence electrons. The van der Waals surface area contributed by atoms with Gasteiger partial charge in [0.25, 0.3) is 5.92 Å². The first-order valence-corrected chi connectivity index (χ1v) is 24.1. The summed E-state index contributed by atoms with van der Waals surface area (Å²) in [6.45, 7) is 2.59. The number of aromatic nitrogens is 9. The summed E-state index contributed by atoms with van der Waals surface area (Å²) in [5, 5.41) is 26.3. The van der Waals surface area contributed by atoms with E-state index in [0.717, 1.165) is 61.4 Å². The molecule has 7 aromatic rings. The summed E-state index contributed by atoms with van der Waals surface area (Å²) in [6.07, 6.45) is 15.0. The van der Waals surface area contributed by atoms with E-state index in [9.17, 15) is 14.9 Å². The highest BCUT2D eigenvalue weighted by molar-refractivity contribution is 6.09. The van der Waals surface area contributed by atoms with Crippen molar-refractivity contribution in [3.8, 4) is 34.5 Å². The summed E-state index contributed by atoms with van der Waals surface area (Å²) >= 11 is 0. The van der Waals surface area contributed by atoms with Crippen LogP contribution in [0.25, 0.3) is 38.9 Å². The number of likely N-dealkylation sites (tertiary alicyclic amines) is 1. The fourth-order valence-corrected chi connectivity index (χ4v) is 11.6. The van der Waals surface area contributed by atoms with Gasteiger partial charge in [-0.25, -0.2) is 37.4 Å². The molecule has 6 aliphatic rings. The Morgan fingerprint density at radius 3 is 2.44 bits per heavy atom. The maximum absolute atomic E-state index is 16.2. The van der Waals surface area contributed by atoms with Crippen LogP contribution in [0.3, 0.4) is 0 Å². The number of carbonyl (C=O) groups excluding carboxylic acids is 2. The van der Waals surface area contributed by atoms with E-state index in [0.29, 0.717) is 70.7 Å². The first-order chi connectivity index (χ1) is 34.4. The second-order valence-electron chi connectivity index (χ2n) is 19.5. The molecule has 5 saturated heterocycles. The van der Waals surface area contributed by atoms with Gasteiger partial charge in [0.1, 0.15) is 28.8 Å². The number of anilines is 2. The number of piperidine rings is 2. The Bertz CT molecular complexity index is 3240. The van der Waals surface area contributed by atoms with Gasteiger partial charge in [-0.05, 0) is 80.5 Å². The summed E-state index contributed by atoms with van der Waals surface area (Å²) < 4.78 is 58.6. The van der Waals surface area contributed by atoms with Crippen LogP contribution < -0.4 is 19.9 Å². The molecule has 11 heterocycles. The van der Waals surface area contributed by atoms with Gasteiger partial charge in [0.15, 0.2) is 5.82 Å². The molecule has 6 fully saturated rings. The lowest BCUT2D eigenvalue weighted by Crippen LogP contribution is -2.68. The molecule has 5 aliphatic heterocycles. The fourth-order valence-electron chi connectivity index (χ4n) is 11.6. The Balaban J connectivity index is 0.699. The lowest BCUT2D eigenvalue weighted by Gasteiger charge is -2.56. The zero-order valence-corrected chi connectivity index (χ0v) is 39.1. The number of carbonyl (C=O) groups is 2. The van der Waals surface area contributed by atoms with Crippen molar-refractivity contribution in [3.05, 3.63) is 96.1 Å². The van der Waals surface area contributed by atoms with E-state index in [-0.39, 0.29) is 42.9 Å². The SMILES string of the molecule is COc1ccc(CN2C3CC2CN(c2ccc(-c4nc(-c5cnn(C6CCC(N7CC[C@@H](c8cc9c(cc8F)c(N8CCC(=O)NC8=O)nn9C)C(F)(F)C7)CC6)c5)cn5ncc(C#N)c45)cn2)C3)cn1. The number of hydrogen-bond donors (Lipinski definition) is 1. The molecule has 13 rings (SSSR count). The van der Waals surface area contributed by atoms with Gasteiger partial charge in [-0.3, -0.25) is 34.2 Å². The van der Waals surface area contributed by atoms with E-state index in [4.69, 9.17) is 19.8 Å². The normalized spacial score (nSPS) is 23.7. The quantitative estimate of drug-likeness (QED) is 0.158. The molecule has 0 spiro atoms. The molecule has 2 bridgehead atoms. The molecule has 1 aliphatic carbocycles. The number of aryl methyl sites for hydroxylation is 1. The highest BCUT2D eigenvalue weighted by Gasteiger charge is 2.49. The average Bonchev–Trinajstić information content (AvgIpc) is 4.13. The first kappa shape index (κ1) is 44.7. The van der Waals surface area contributed by atoms with E-state index in [2.05, 4.69) is 42.4 Å². The number of nitriles is 1. The molecular formula is C50H50F3N15O3. The van der Waals surface area contributed by atoms with Crippen LogP contribution in [0.2, 0.25) is 0 Å². The molecule has 18 nitrogen and oxygen atoms in total. The molecule has 3 amide bonds. The zero-order valence-electron chi connectivity index (χ0n) is 39.1. The monoisotopic (exact) mass is 965 g/mol. The number of amides is 3. The summed E-state index contributed by atoms with van der Waals surface area (Å²) in [6, 6.07) is 13.1. The van der Waals surface area contributed by atoms with Crippen LogP contribution in [-0.2, 0) is 18.4 Å². The number of fused-ring (bicyclic) bond motifs is 4. The number of imide groups is 1. The number of urea groups is 1. The number of methoxy groups -OCH3 is 1. The molecule has 0 radical (unpaired) electrons. The Morgan fingerprint density at radius 2 is 1.72 bits per heavy atom. The smallest absolute Gasteiger partial charge is 0.329 e. The Kier molecular flexibility index (Phi) is 11.0.